The first-order valence-electron chi connectivity index (χ1n) is 3.23. The molecule has 0 aliphatic heterocycles. The van der Waals surface area contributed by atoms with Crippen molar-refractivity contribution in [1.82, 2.24) is 0 Å². The lowest BCUT2D eigenvalue weighted by atomic mass is 10.4. The van der Waals surface area contributed by atoms with Gasteiger partial charge in [-0.15, -0.1) is 5.92 Å². The van der Waals surface area contributed by atoms with Crippen LogP contribution in [-0.2, 0) is 13.9 Å². The molecule has 2 atom stereocenters. The molecule has 0 spiro atoms. The van der Waals surface area contributed by atoms with Gasteiger partial charge < -0.3 is 9.63 Å². The highest BCUT2D eigenvalue weighted by atomic mass is 31.2. The number of carboxylic acid groups (broad SMARTS) is 1. The summed E-state index contributed by atoms with van der Waals surface area (Å²) < 4.78 is 16.0. The molecule has 0 rings (SSSR count). The van der Waals surface area contributed by atoms with Gasteiger partial charge in [0, 0.05) is 13.8 Å². The largest absolute Gasteiger partial charge is 0.480 e. The standard InChI is InChI=1S/C7H11O4P/c1-4-5-6(7(8)9)12(3,10)11-2/h6H,1-3H3,(H,8,9). The van der Waals surface area contributed by atoms with Gasteiger partial charge >= 0.3 is 5.97 Å². The molecule has 0 saturated heterocycles. The van der Waals surface area contributed by atoms with Gasteiger partial charge in [-0.25, -0.2) is 0 Å². The van der Waals surface area contributed by atoms with E-state index in [-0.39, 0.29) is 0 Å². The lowest BCUT2D eigenvalue weighted by molar-refractivity contribution is -0.135. The number of aliphatic carboxylic acids is 1. The Morgan fingerprint density at radius 3 is 2.42 bits per heavy atom. The average Bonchev–Trinajstić information content (AvgIpc) is 1.99. The Morgan fingerprint density at radius 1 is 1.67 bits per heavy atom. The Kier molecular flexibility index (Phi) is 4.02. The molecule has 0 saturated carbocycles. The fourth-order valence-corrected chi connectivity index (χ4v) is 1.60. The van der Waals surface area contributed by atoms with Gasteiger partial charge in [0.15, 0.2) is 5.66 Å². The number of carbonyl (C=O) groups is 1. The summed E-state index contributed by atoms with van der Waals surface area (Å²) in [4.78, 5) is 10.5. The number of rotatable bonds is 3. The van der Waals surface area contributed by atoms with Crippen LogP contribution in [0.25, 0.3) is 0 Å². The van der Waals surface area contributed by atoms with Gasteiger partial charge in [0.25, 0.3) is 0 Å². The maximum Gasteiger partial charge on any atom is 0.328 e. The molecule has 0 aliphatic rings. The van der Waals surface area contributed by atoms with E-state index in [0.29, 0.717) is 0 Å². The minimum Gasteiger partial charge on any atom is -0.480 e. The van der Waals surface area contributed by atoms with E-state index >= 15 is 0 Å². The highest BCUT2D eigenvalue weighted by Crippen LogP contribution is 2.46. The molecule has 0 aromatic heterocycles. The Balaban J connectivity index is 4.83. The second kappa shape index (κ2) is 4.30. The molecule has 0 aromatic carbocycles. The van der Waals surface area contributed by atoms with Crippen LogP contribution < -0.4 is 0 Å². The second-order valence-electron chi connectivity index (χ2n) is 2.23. The Morgan fingerprint density at radius 2 is 2.17 bits per heavy atom. The van der Waals surface area contributed by atoms with Gasteiger partial charge in [-0.1, -0.05) is 5.92 Å². The fraction of sp³-hybridized carbons (Fsp3) is 0.571. The third-order valence-corrected chi connectivity index (χ3v) is 3.36. The first-order chi connectivity index (χ1) is 5.45. The molecule has 68 valence electrons. The molecule has 0 heterocycles. The van der Waals surface area contributed by atoms with E-state index in [1.54, 1.807) is 0 Å². The summed E-state index contributed by atoms with van der Waals surface area (Å²) in [6.07, 6.45) is 0. The fourth-order valence-electron chi connectivity index (χ4n) is 0.622. The quantitative estimate of drug-likeness (QED) is 0.533. The molecule has 0 bridgehead atoms. The molecule has 0 amide bonds. The van der Waals surface area contributed by atoms with Crippen molar-refractivity contribution in [2.45, 2.75) is 12.6 Å². The van der Waals surface area contributed by atoms with Crippen LogP contribution in [0.3, 0.4) is 0 Å². The van der Waals surface area contributed by atoms with E-state index in [1.807, 2.05) is 0 Å². The average molecular weight is 190 g/mol. The van der Waals surface area contributed by atoms with Crippen molar-refractivity contribution in [3.8, 4) is 11.8 Å². The van der Waals surface area contributed by atoms with Crippen molar-refractivity contribution in [1.29, 1.82) is 0 Å². The van der Waals surface area contributed by atoms with Gasteiger partial charge in [0.2, 0.25) is 7.37 Å². The molecule has 2 unspecified atom stereocenters. The number of carboxylic acids is 1. The van der Waals surface area contributed by atoms with Crippen molar-refractivity contribution in [3.63, 3.8) is 0 Å². The maximum absolute atomic E-state index is 11.4. The van der Waals surface area contributed by atoms with E-state index in [2.05, 4.69) is 16.4 Å². The summed E-state index contributed by atoms with van der Waals surface area (Å²) in [5, 5.41) is 8.62. The van der Waals surface area contributed by atoms with Gasteiger partial charge in [0.1, 0.15) is 0 Å². The normalized spacial score (nSPS) is 16.9. The molecular formula is C7H11O4P. The lowest BCUT2D eigenvalue weighted by Gasteiger charge is -2.13. The highest BCUT2D eigenvalue weighted by Gasteiger charge is 2.32. The van der Waals surface area contributed by atoms with Crippen molar-refractivity contribution in [2.24, 2.45) is 0 Å². The predicted octanol–water partition coefficient (Wildman–Crippen LogP) is 1.02. The third-order valence-electron chi connectivity index (χ3n) is 1.35. The topological polar surface area (TPSA) is 63.6 Å². The van der Waals surface area contributed by atoms with E-state index < -0.39 is 19.0 Å². The zero-order valence-corrected chi connectivity index (χ0v) is 8.09. The molecule has 0 aliphatic carbocycles. The Hall–Kier alpha value is -0.780. The third kappa shape index (κ3) is 2.69. The molecule has 4 nitrogen and oxygen atoms in total. The van der Waals surface area contributed by atoms with E-state index in [1.165, 1.54) is 20.7 Å². The van der Waals surface area contributed by atoms with Gasteiger partial charge in [-0.05, 0) is 6.92 Å². The smallest absolute Gasteiger partial charge is 0.328 e. The first-order valence-corrected chi connectivity index (χ1v) is 5.38. The minimum absolute atomic E-state index is 1.21. The summed E-state index contributed by atoms with van der Waals surface area (Å²) in [7, 11) is -1.91. The molecule has 12 heavy (non-hydrogen) atoms. The summed E-state index contributed by atoms with van der Waals surface area (Å²) >= 11 is 0. The highest BCUT2D eigenvalue weighted by molar-refractivity contribution is 7.60. The minimum atomic E-state index is -3.13. The van der Waals surface area contributed by atoms with Crippen LogP contribution >= 0.6 is 7.37 Å². The molecule has 0 radical (unpaired) electrons. The van der Waals surface area contributed by atoms with Gasteiger partial charge in [-0.3, -0.25) is 9.36 Å². The summed E-state index contributed by atoms with van der Waals surface area (Å²) in [5.74, 6) is 3.53. The van der Waals surface area contributed by atoms with Gasteiger partial charge in [-0.2, -0.15) is 0 Å². The molecule has 0 fully saturated rings. The van der Waals surface area contributed by atoms with E-state index in [4.69, 9.17) is 5.11 Å². The van der Waals surface area contributed by atoms with Crippen molar-refractivity contribution >= 4 is 13.3 Å². The number of hydrogen-bond donors (Lipinski definition) is 1. The molecule has 0 aromatic rings. The van der Waals surface area contributed by atoms with Crippen LogP contribution in [0.15, 0.2) is 0 Å². The van der Waals surface area contributed by atoms with Crippen molar-refractivity contribution in [2.75, 3.05) is 13.8 Å². The lowest BCUT2D eigenvalue weighted by Crippen LogP contribution is -2.18. The molecule has 5 heteroatoms. The Labute approximate surface area is 71.4 Å². The first kappa shape index (κ1) is 11.2. The van der Waals surface area contributed by atoms with E-state index in [9.17, 15) is 9.36 Å². The van der Waals surface area contributed by atoms with Crippen LogP contribution in [0.2, 0.25) is 0 Å². The molecule has 1 N–H and O–H groups in total. The maximum atomic E-state index is 11.4. The van der Waals surface area contributed by atoms with E-state index in [0.717, 1.165) is 0 Å². The zero-order valence-electron chi connectivity index (χ0n) is 7.20. The SMILES string of the molecule is CC#CC(C(=O)O)P(C)(=O)OC. The van der Waals surface area contributed by atoms with Crippen LogP contribution in [0.5, 0.6) is 0 Å². The van der Waals surface area contributed by atoms with Crippen LogP contribution in [0.4, 0.5) is 0 Å². The zero-order chi connectivity index (χ0) is 9.78. The van der Waals surface area contributed by atoms with Crippen LogP contribution in [0, 0.1) is 11.8 Å². The second-order valence-corrected chi connectivity index (χ2v) is 4.93. The van der Waals surface area contributed by atoms with Gasteiger partial charge in [0.05, 0.1) is 0 Å². The van der Waals surface area contributed by atoms with Crippen molar-refractivity contribution < 1.29 is 19.0 Å². The van der Waals surface area contributed by atoms with Crippen LogP contribution in [0.1, 0.15) is 6.92 Å². The molecular weight excluding hydrogens is 179 g/mol. The number of hydrogen-bond acceptors (Lipinski definition) is 3. The summed E-state index contributed by atoms with van der Waals surface area (Å²) in [5.41, 5.74) is -1.22. The Bertz CT molecular complexity index is 273. The predicted molar refractivity (Wildman–Crippen MR) is 45.4 cm³/mol. The monoisotopic (exact) mass is 190 g/mol. The van der Waals surface area contributed by atoms with Crippen molar-refractivity contribution in [3.05, 3.63) is 0 Å². The summed E-state index contributed by atoms with van der Waals surface area (Å²) in [6.45, 7) is 2.75. The summed E-state index contributed by atoms with van der Waals surface area (Å²) in [6, 6.07) is 0. The van der Waals surface area contributed by atoms with Crippen LogP contribution in [-0.4, -0.2) is 30.5 Å².